The number of carboxylic acid groups (broad SMARTS) is 1. The summed E-state index contributed by atoms with van der Waals surface area (Å²) in [5.41, 5.74) is 2.51. The van der Waals surface area contributed by atoms with Gasteiger partial charge in [0, 0.05) is 22.2 Å². The summed E-state index contributed by atoms with van der Waals surface area (Å²) >= 11 is 6.27. The SMILES string of the molecule is O=C(O)c1ccc2c(c1)C1C=CCC1C(c1c(F)cccc1Cl)N2. The summed E-state index contributed by atoms with van der Waals surface area (Å²) in [4.78, 5) is 11.2. The van der Waals surface area contributed by atoms with Crippen molar-refractivity contribution in [2.45, 2.75) is 18.4 Å². The number of carbonyl (C=O) groups is 1. The van der Waals surface area contributed by atoms with E-state index < -0.39 is 5.97 Å². The van der Waals surface area contributed by atoms with Gasteiger partial charge >= 0.3 is 5.97 Å². The molecule has 2 aromatic rings. The van der Waals surface area contributed by atoms with E-state index in [1.807, 2.05) is 0 Å². The first kappa shape index (κ1) is 15.2. The number of anilines is 1. The molecule has 2 aliphatic rings. The Morgan fingerprint density at radius 1 is 1.29 bits per heavy atom. The Balaban J connectivity index is 1.83. The quantitative estimate of drug-likeness (QED) is 0.754. The van der Waals surface area contributed by atoms with Gasteiger partial charge in [-0.25, -0.2) is 9.18 Å². The van der Waals surface area contributed by atoms with Gasteiger partial charge in [-0.3, -0.25) is 0 Å². The predicted octanol–water partition coefficient (Wildman–Crippen LogP) is 5.00. The van der Waals surface area contributed by atoms with E-state index in [9.17, 15) is 14.3 Å². The fraction of sp³-hybridized carbons (Fsp3) is 0.211. The van der Waals surface area contributed by atoms with Crippen molar-refractivity contribution in [1.82, 2.24) is 0 Å². The van der Waals surface area contributed by atoms with Crippen LogP contribution < -0.4 is 5.32 Å². The molecule has 0 spiro atoms. The molecule has 0 radical (unpaired) electrons. The molecular formula is C19H15ClFNO2. The Bertz CT molecular complexity index is 844. The van der Waals surface area contributed by atoms with Crippen molar-refractivity contribution in [3.63, 3.8) is 0 Å². The molecule has 3 nitrogen and oxygen atoms in total. The summed E-state index contributed by atoms with van der Waals surface area (Å²) < 4.78 is 14.4. The zero-order chi connectivity index (χ0) is 16.8. The highest BCUT2D eigenvalue weighted by Gasteiger charge is 2.39. The van der Waals surface area contributed by atoms with E-state index in [2.05, 4.69) is 17.5 Å². The van der Waals surface area contributed by atoms with Gasteiger partial charge in [0.25, 0.3) is 0 Å². The average molecular weight is 344 g/mol. The predicted molar refractivity (Wildman–Crippen MR) is 91.2 cm³/mol. The third kappa shape index (κ3) is 2.29. The highest BCUT2D eigenvalue weighted by molar-refractivity contribution is 6.31. The van der Waals surface area contributed by atoms with Crippen LogP contribution in [0.15, 0.2) is 48.6 Å². The van der Waals surface area contributed by atoms with Gasteiger partial charge in [0.1, 0.15) is 5.82 Å². The summed E-state index contributed by atoms with van der Waals surface area (Å²) in [7, 11) is 0. The van der Waals surface area contributed by atoms with Crippen LogP contribution in [0.4, 0.5) is 10.1 Å². The van der Waals surface area contributed by atoms with E-state index in [4.69, 9.17) is 11.6 Å². The van der Waals surface area contributed by atoms with Crippen LogP contribution in [0.3, 0.4) is 0 Å². The second-order valence-electron chi connectivity index (χ2n) is 6.22. The molecule has 0 fully saturated rings. The minimum Gasteiger partial charge on any atom is -0.478 e. The molecule has 122 valence electrons. The molecular weight excluding hydrogens is 329 g/mol. The second kappa shape index (κ2) is 5.64. The van der Waals surface area contributed by atoms with Gasteiger partial charge in [0.15, 0.2) is 0 Å². The first-order valence-corrected chi connectivity index (χ1v) is 8.18. The lowest BCUT2D eigenvalue weighted by Gasteiger charge is -2.38. The van der Waals surface area contributed by atoms with E-state index in [0.29, 0.717) is 10.6 Å². The van der Waals surface area contributed by atoms with Gasteiger partial charge < -0.3 is 10.4 Å². The zero-order valence-electron chi connectivity index (χ0n) is 12.7. The zero-order valence-corrected chi connectivity index (χ0v) is 13.4. The van der Waals surface area contributed by atoms with E-state index in [0.717, 1.165) is 17.7 Å². The number of fused-ring (bicyclic) bond motifs is 3. The molecule has 1 aliphatic carbocycles. The molecule has 3 unspecified atom stereocenters. The summed E-state index contributed by atoms with van der Waals surface area (Å²) in [6.45, 7) is 0. The van der Waals surface area contributed by atoms with Crippen molar-refractivity contribution in [2.75, 3.05) is 5.32 Å². The molecule has 24 heavy (non-hydrogen) atoms. The lowest BCUT2D eigenvalue weighted by atomic mass is 9.76. The van der Waals surface area contributed by atoms with Crippen molar-refractivity contribution in [1.29, 1.82) is 0 Å². The lowest BCUT2D eigenvalue weighted by molar-refractivity contribution is 0.0696. The Morgan fingerprint density at radius 3 is 2.88 bits per heavy atom. The lowest BCUT2D eigenvalue weighted by Crippen LogP contribution is -2.30. The molecule has 3 atom stereocenters. The first-order valence-electron chi connectivity index (χ1n) is 7.80. The van der Waals surface area contributed by atoms with E-state index in [1.165, 1.54) is 6.07 Å². The highest BCUT2D eigenvalue weighted by atomic mass is 35.5. The topological polar surface area (TPSA) is 49.3 Å². The molecule has 2 N–H and O–H groups in total. The molecule has 0 saturated heterocycles. The Hall–Kier alpha value is -2.33. The minimum absolute atomic E-state index is 0.0567. The maximum Gasteiger partial charge on any atom is 0.335 e. The maximum atomic E-state index is 14.4. The van der Waals surface area contributed by atoms with Crippen LogP contribution in [0.1, 0.15) is 39.9 Å². The van der Waals surface area contributed by atoms with E-state index in [1.54, 1.807) is 30.3 Å². The number of allylic oxidation sites excluding steroid dienone is 2. The third-order valence-electron chi connectivity index (χ3n) is 4.92. The molecule has 0 saturated carbocycles. The molecule has 0 amide bonds. The highest BCUT2D eigenvalue weighted by Crippen LogP contribution is 2.51. The molecule has 1 aliphatic heterocycles. The van der Waals surface area contributed by atoms with Crippen LogP contribution in [0, 0.1) is 11.7 Å². The standard InChI is InChI=1S/C19H15ClFNO2/c20-14-5-2-6-15(21)17(14)18-12-4-1-3-11(12)13-9-10(19(23)24)7-8-16(13)22-18/h1-3,5-9,11-12,18,22H,4H2,(H,23,24). The van der Waals surface area contributed by atoms with Crippen molar-refractivity contribution < 1.29 is 14.3 Å². The smallest absolute Gasteiger partial charge is 0.335 e. The number of nitrogens with one attached hydrogen (secondary N) is 1. The average Bonchev–Trinajstić information content (AvgIpc) is 3.04. The largest absolute Gasteiger partial charge is 0.478 e. The van der Waals surface area contributed by atoms with Crippen molar-refractivity contribution in [3.05, 3.63) is 76.1 Å². The van der Waals surface area contributed by atoms with E-state index in [-0.39, 0.29) is 29.3 Å². The second-order valence-corrected chi connectivity index (χ2v) is 6.63. The monoisotopic (exact) mass is 343 g/mol. The summed E-state index contributed by atoms with van der Waals surface area (Å²) in [6.07, 6.45) is 4.95. The van der Waals surface area contributed by atoms with Crippen LogP contribution in [0.25, 0.3) is 0 Å². The maximum absolute atomic E-state index is 14.4. The summed E-state index contributed by atoms with van der Waals surface area (Å²) in [5, 5.41) is 13.0. The number of hydrogen-bond donors (Lipinski definition) is 2. The van der Waals surface area contributed by atoms with Crippen LogP contribution >= 0.6 is 11.6 Å². The molecule has 0 aromatic heterocycles. The van der Waals surface area contributed by atoms with Crippen LogP contribution in [0.2, 0.25) is 5.02 Å². The molecule has 2 aromatic carbocycles. The van der Waals surface area contributed by atoms with Crippen LogP contribution in [-0.4, -0.2) is 11.1 Å². The van der Waals surface area contributed by atoms with Gasteiger partial charge in [-0.1, -0.05) is 29.8 Å². The number of benzene rings is 2. The van der Waals surface area contributed by atoms with Gasteiger partial charge in [0.2, 0.25) is 0 Å². The van der Waals surface area contributed by atoms with E-state index >= 15 is 0 Å². The molecule has 5 heteroatoms. The third-order valence-corrected chi connectivity index (χ3v) is 5.25. The summed E-state index contributed by atoms with van der Waals surface area (Å²) in [6, 6.07) is 9.49. The number of rotatable bonds is 2. The fourth-order valence-electron chi connectivity index (χ4n) is 3.82. The van der Waals surface area contributed by atoms with Crippen LogP contribution in [0.5, 0.6) is 0 Å². The van der Waals surface area contributed by atoms with Crippen molar-refractivity contribution in [2.24, 2.45) is 5.92 Å². The molecule has 4 rings (SSSR count). The first-order chi connectivity index (χ1) is 11.6. The van der Waals surface area contributed by atoms with Gasteiger partial charge in [-0.15, -0.1) is 0 Å². The van der Waals surface area contributed by atoms with Gasteiger partial charge in [-0.05, 0) is 48.2 Å². The molecule has 0 bridgehead atoms. The minimum atomic E-state index is -0.949. The van der Waals surface area contributed by atoms with Crippen molar-refractivity contribution in [3.8, 4) is 0 Å². The van der Waals surface area contributed by atoms with Gasteiger partial charge in [-0.2, -0.15) is 0 Å². The molecule has 1 heterocycles. The van der Waals surface area contributed by atoms with Crippen molar-refractivity contribution >= 4 is 23.3 Å². The summed E-state index contributed by atoms with van der Waals surface area (Å²) in [5.74, 6) is -1.11. The van der Waals surface area contributed by atoms with Gasteiger partial charge in [0.05, 0.1) is 11.6 Å². The number of halogens is 2. The number of hydrogen-bond acceptors (Lipinski definition) is 2. The number of aromatic carboxylic acids is 1. The number of carboxylic acids is 1. The Labute approximate surface area is 143 Å². The Morgan fingerprint density at radius 2 is 2.12 bits per heavy atom. The fourth-order valence-corrected chi connectivity index (χ4v) is 4.10. The Kier molecular flexibility index (Phi) is 3.57. The van der Waals surface area contributed by atoms with Crippen LogP contribution in [-0.2, 0) is 0 Å². The normalized spacial score (nSPS) is 24.2.